The lowest BCUT2D eigenvalue weighted by Gasteiger charge is -2.20. The molecule has 0 atom stereocenters. The third-order valence-electron chi connectivity index (χ3n) is 3.64. The minimum atomic E-state index is -0.249. The molecule has 23 heavy (non-hydrogen) atoms. The van der Waals surface area contributed by atoms with E-state index in [2.05, 4.69) is 0 Å². The highest BCUT2D eigenvalue weighted by Crippen LogP contribution is 2.37. The number of rotatable bonds is 1. The van der Waals surface area contributed by atoms with Gasteiger partial charge in [0.05, 0.1) is 12.2 Å². The molecule has 5 nitrogen and oxygen atoms in total. The lowest BCUT2D eigenvalue weighted by molar-refractivity contribution is -0.0165. The highest BCUT2D eigenvalue weighted by Gasteiger charge is 2.28. The van der Waals surface area contributed by atoms with Gasteiger partial charge in [-0.05, 0) is 30.3 Å². The van der Waals surface area contributed by atoms with Gasteiger partial charge >= 0.3 is 0 Å². The molecule has 0 aliphatic carbocycles. The van der Waals surface area contributed by atoms with Crippen LogP contribution in [0.15, 0.2) is 36.1 Å². The van der Waals surface area contributed by atoms with Crippen LogP contribution in [0.25, 0.3) is 6.08 Å². The van der Waals surface area contributed by atoms with E-state index in [1.807, 2.05) is 0 Å². The van der Waals surface area contributed by atoms with Gasteiger partial charge < -0.3 is 19.3 Å². The van der Waals surface area contributed by atoms with Gasteiger partial charge in [-0.3, -0.25) is 4.79 Å². The van der Waals surface area contributed by atoms with E-state index in [9.17, 15) is 9.90 Å². The molecule has 0 saturated carbocycles. The number of allylic oxidation sites excluding steroid dienone is 1. The number of phenols is 1. The van der Waals surface area contributed by atoms with E-state index in [0.717, 1.165) is 5.56 Å². The summed E-state index contributed by atoms with van der Waals surface area (Å²) in [6.07, 6.45) is 1.59. The average molecular weight is 331 g/mol. The third-order valence-corrected chi connectivity index (χ3v) is 3.86. The number of phenolic OH excluding ortho intramolecular Hbond substituents is 1. The quantitative estimate of drug-likeness (QED) is 0.810. The maximum Gasteiger partial charge on any atom is 0.231 e. The Morgan fingerprint density at radius 3 is 2.96 bits per heavy atom. The third kappa shape index (κ3) is 2.44. The lowest BCUT2D eigenvalue weighted by Crippen LogP contribution is -2.12. The molecule has 2 heterocycles. The zero-order chi connectivity index (χ0) is 16.0. The van der Waals surface area contributed by atoms with Crippen LogP contribution in [-0.4, -0.2) is 17.7 Å². The normalized spacial score (nSPS) is 17.4. The maximum absolute atomic E-state index is 12.4. The predicted molar refractivity (Wildman–Crippen MR) is 82.8 cm³/mol. The average Bonchev–Trinajstić information content (AvgIpc) is 2.82. The maximum atomic E-state index is 12.4. The number of ether oxygens (including phenoxy) is 3. The molecule has 0 spiro atoms. The Hall–Kier alpha value is -2.50. The van der Waals surface area contributed by atoms with Crippen molar-refractivity contribution in [1.29, 1.82) is 0 Å². The summed E-state index contributed by atoms with van der Waals surface area (Å²) in [6, 6.07) is 7.86. The van der Waals surface area contributed by atoms with Crippen LogP contribution in [0.4, 0.5) is 0 Å². The first-order chi connectivity index (χ1) is 11.1. The molecule has 6 heteroatoms. The molecule has 0 radical (unpaired) electrons. The summed E-state index contributed by atoms with van der Waals surface area (Å²) in [4.78, 5) is 12.4. The van der Waals surface area contributed by atoms with Gasteiger partial charge in [0, 0.05) is 22.2 Å². The van der Waals surface area contributed by atoms with Gasteiger partial charge in [-0.1, -0.05) is 11.6 Å². The van der Waals surface area contributed by atoms with Crippen LogP contribution in [0.1, 0.15) is 21.5 Å². The van der Waals surface area contributed by atoms with Crippen LogP contribution in [0.2, 0.25) is 5.02 Å². The van der Waals surface area contributed by atoms with Gasteiger partial charge in [0.2, 0.25) is 5.78 Å². The molecule has 0 aromatic heterocycles. The first-order valence-corrected chi connectivity index (χ1v) is 7.30. The lowest BCUT2D eigenvalue weighted by atomic mass is 10.1. The Labute approximate surface area is 136 Å². The van der Waals surface area contributed by atoms with E-state index in [0.29, 0.717) is 34.3 Å². The molecule has 2 aromatic rings. The summed E-state index contributed by atoms with van der Waals surface area (Å²) in [5, 5.41) is 10.0. The fourth-order valence-corrected chi connectivity index (χ4v) is 2.88. The highest BCUT2D eigenvalue weighted by atomic mass is 35.5. The minimum absolute atomic E-state index is 0.0402. The molecular weight excluding hydrogens is 320 g/mol. The number of hydrogen-bond donors (Lipinski definition) is 1. The topological polar surface area (TPSA) is 65.0 Å². The van der Waals surface area contributed by atoms with Gasteiger partial charge in [0.25, 0.3) is 0 Å². The van der Waals surface area contributed by atoms with Gasteiger partial charge in [-0.2, -0.15) is 0 Å². The first-order valence-electron chi connectivity index (χ1n) is 6.92. The second kappa shape index (κ2) is 5.30. The zero-order valence-electron chi connectivity index (χ0n) is 11.8. The summed E-state index contributed by atoms with van der Waals surface area (Å²) >= 11 is 6.11. The van der Waals surface area contributed by atoms with Crippen molar-refractivity contribution in [1.82, 2.24) is 0 Å². The molecule has 2 aliphatic heterocycles. The van der Waals surface area contributed by atoms with Crippen LogP contribution in [-0.2, 0) is 11.3 Å². The number of benzene rings is 2. The summed E-state index contributed by atoms with van der Waals surface area (Å²) in [5.41, 5.74) is 1.88. The largest absolute Gasteiger partial charge is 0.508 e. The number of carbonyl (C=O) groups is 1. The van der Waals surface area contributed by atoms with Gasteiger partial charge in [0.15, 0.2) is 12.6 Å². The number of halogens is 1. The van der Waals surface area contributed by atoms with Crippen LogP contribution in [0.3, 0.4) is 0 Å². The van der Waals surface area contributed by atoms with E-state index in [-0.39, 0.29) is 24.1 Å². The smallest absolute Gasteiger partial charge is 0.231 e. The number of carbonyl (C=O) groups excluding carboxylic acids is 1. The Morgan fingerprint density at radius 1 is 1.22 bits per heavy atom. The van der Waals surface area contributed by atoms with E-state index in [1.54, 1.807) is 18.2 Å². The van der Waals surface area contributed by atoms with Crippen molar-refractivity contribution in [2.24, 2.45) is 0 Å². The Bertz CT molecular complexity index is 856. The standard InChI is InChI=1S/C17H11ClO5/c18-11-3-9(17-10(4-11)7-21-8-22-17)5-15-16(20)13-2-1-12(19)6-14(13)23-15/h1-6,19H,7-8H2/b15-5-. The van der Waals surface area contributed by atoms with Crippen LogP contribution < -0.4 is 9.47 Å². The number of aromatic hydroxyl groups is 1. The second-order valence-corrected chi connectivity index (χ2v) is 5.65. The molecule has 1 N–H and O–H groups in total. The molecule has 4 rings (SSSR count). The van der Waals surface area contributed by atoms with Crippen molar-refractivity contribution in [3.8, 4) is 17.2 Å². The molecule has 0 amide bonds. The number of Topliss-reactive ketones (excluding diaryl/α,β-unsaturated/α-hetero) is 1. The predicted octanol–water partition coefficient (Wildman–Crippen LogP) is 3.53. The number of ketones is 1. The van der Waals surface area contributed by atoms with Crippen LogP contribution in [0, 0.1) is 0 Å². The van der Waals surface area contributed by atoms with Crippen molar-refractivity contribution in [3.05, 3.63) is 57.8 Å². The summed E-state index contributed by atoms with van der Waals surface area (Å²) in [5.74, 6) is 0.911. The SMILES string of the molecule is O=C1/C(=C/c2cc(Cl)cc3c2OCOC3)Oc2cc(O)ccc21. The van der Waals surface area contributed by atoms with Crippen molar-refractivity contribution < 1.29 is 24.1 Å². The zero-order valence-corrected chi connectivity index (χ0v) is 12.6. The fourth-order valence-electron chi connectivity index (χ4n) is 2.63. The van der Waals surface area contributed by atoms with Crippen LogP contribution >= 0.6 is 11.6 Å². The van der Waals surface area contributed by atoms with Crippen molar-refractivity contribution in [2.75, 3.05) is 6.79 Å². The van der Waals surface area contributed by atoms with E-state index >= 15 is 0 Å². The Kier molecular flexibility index (Phi) is 3.25. The molecule has 0 saturated heterocycles. The molecule has 0 bridgehead atoms. The monoisotopic (exact) mass is 330 g/mol. The van der Waals surface area contributed by atoms with Gasteiger partial charge in [-0.15, -0.1) is 0 Å². The molecular formula is C17H11ClO5. The fraction of sp³-hybridized carbons (Fsp3) is 0.118. The van der Waals surface area contributed by atoms with Gasteiger partial charge in [0.1, 0.15) is 17.2 Å². The van der Waals surface area contributed by atoms with Crippen LogP contribution in [0.5, 0.6) is 17.2 Å². The van der Waals surface area contributed by atoms with E-state index in [1.165, 1.54) is 18.2 Å². The Balaban J connectivity index is 1.78. The molecule has 2 aliphatic rings. The summed E-state index contributed by atoms with van der Waals surface area (Å²) in [7, 11) is 0. The minimum Gasteiger partial charge on any atom is -0.508 e. The van der Waals surface area contributed by atoms with Crippen molar-refractivity contribution >= 4 is 23.5 Å². The van der Waals surface area contributed by atoms with Crippen molar-refractivity contribution in [3.63, 3.8) is 0 Å². The molecule has 2 aromatic carbocycles. The van der Waals surface area contributed by atoms with Crippen molar-refractivity contribution in [2.45, 2.75) is 6.61 Å². The molecule has 0 unspecified atom stereocenters. The van der Waals surface area contributed by atoms with E-state index < -0.39 is 0 Å². The first kappa shape index (κ1) is 14.1. The molecule has 0 fully saturated rings. The second-order valence-electron chi connectivity index (χ2n) is 5.21. The summed E-state index contributed by atoms with van der Waals surface area (Å²) in [6.45, 7) is 0.544. The number of hydrogen-bond acceptors (Lipinski definition) is 5. The Morgan fingerprint density at radius 2 is 2.09 bits per heavy atom. The van der Waals surface area contributed by atoms with Gasteiger partial charge in [-0.25, -0.2) is 0 Å². The molecule has 116 valence electrons. The van der Waals surface area contributed by atoms with E-state index in [4.69, 9.17) is 25.8 Å². The highest BCUT2D eigenvalue weighted by molar-refractivity contribution is 6.31. The summed E-state index contributed by atoms with van der Waals surface area (Å²) < 4.78 is 16.3. The number of fused-ring (bicyclic) bond motifs is 2.